The smallest absolute Gasteiger partial charge is 0.0499 e. The van der Waals surface area contributed by atoms with Crippen molar-refractivity contribution in [3.63, 3.8) is 0 Å². The highest BCUT2D eigenvalue weighted by molar-refractivity contribution is 4.77. The van der Waals surface area contributed by atoms with Crippen molar-refractivity contribution in [1.82, 2.24) is 0 Å². The zero-order valence-corrected chi connectivity index (χ0v) is 8.88. The van der Waals surface area contributed by atoms with Crippen molar-refractivity contribution in [2.75, 3.05) is 26.9 Å². The van der Waals surface area contributed by atoms with Crippen LogP contribution in [0.1, 0.15) is 32.6 Å². The molecular weight excluding hydrogens is 166 g/mol. The highest BCUT2D eigenvalue weighted by Gasteiger charge is 2.24. The lowest BCUT2D eigenvalue weighted by Gasteiger charge is -2.28. The first-order valence-corrected chi connectivity index (χ1v) is 5.04. The lowest BCUT2D eigenvalue weighted by atomic mass is 9.81. The van der Waals surface area contributed by atoms with Crippen LogP contribution in [0.4, 0.5) is 0 Å². The summed E-state index contributed by atoms with van der Waals surface area (Å²) in [6, 6.07) is 0. The zero-order valence-electron chi connectivity index (χ0n) is 8.88. The number of hydrogen-bond donors (Lipinski definition) is 2. The van der Waals surface area contributed by atoms with E-state index in [2.05, 4.69) is 6.92 Å². The topological polar surface area (TPSA) is 55.5 Å². The Kier molecular flexibility index (Phi) is 7.23. The Morgan fingerprint density at radius 3 is 2.46 bits per heavy atom. The average Bonchev–Trinajstić information content (AvgIpc) is 2.20. The predicted molar refractivity (Wildman–Crippen MR) is 54.6 cm³/mol. The first kappa shape index (κ1) is 12.9. The van der Waals surface area contributed by atoms with Gasteiger partial charge in [-0.2, -0.15) is 0 Å². The standard InChI is InChI=1S/C10H23NO2/c1-3-10(8-11,9-12)6-4-5-7-13-2/h12H,3-9,11H2,1-2H3. The Morgan fingerprint density at radius 2 is 2.08 bits per heavy atom. The lowest BCUT2D eigenvalue weighted by Crippen LogP contribution is -2.33. The van der Waals surface area contributed by atoms with E-state index >= 15 is 0 Å². The Bertz CT molecular complexity index is 105. The van der Waals surface area contributed by atoms with Gasteiger partial charge in [-0.1, -0.05) is 13.3 Å². The van der Waals surface area contributed by atoms with Crippen molar-refractivity contribution in [3.8, 4) is 0 Å². The third-order valence-electron chi connectivity index (χ3n) is 2.82. The molecule has 13 heavy (non-hydrogen) atoms. The number of nitrogens with two attached hydrogens (primary N) is 1. The van der Waals surface area contributed by atoms with Crippen LogP contribution in [0, 0.1) is 5.41 Å². The van der Waals surface area contributed by atoms with Crippen LogP contribution in [0.25, 0.3) is 0 Å². The van der Waals surface area contributed by atoms with E-state index in [0.29, 0.717) is 6.54 Å². The molecule has 1 unspecified atom stereocenters. The van der Waals surface area contributed by atoms with Gasteiger partial charge in [0, 0.05) is 32.3 Å². The van der Waals surface area contributed by atoms with Crippen molar-refractivity contribution >= 4 is 0 Å². The molecule has 0 fully saturated rings. The Hall–Kier alpha value is -0.120. The molecule has 0 aliphatic rings. The van der Waals surface area contributed by atoms with E-state index in [-0.39, 0.29) is 12.0 Å². The Balaban J connectivity index is 3.68. The van der Waals surface area contributed by atoms with Crippen LogP contribution in [-0.2, 0) is 4.74 Å². The molecule has 0 spiro atoms. The van der Waals surface area contributed by atoms with Gasteiger partial charge < -0.3 is 15.6 Å². The zero-order chi connectivity index (χ0) is 10.2. The summed E-state index contributed by atoms with van der Waals surface area (Å²) in [5.74, 6) is 0. The Labute approximate surface area is 81.3 Å². The summed E-state index contributed by atoms with van der Waals surface area (Å²) in [7, 11) is 1.71. The monoisotopic (exact) mass is 189 g/mol. The molecule has 0 amide bonds. The van der Waals surface area contributed by atoms with Gasteiger partial charge in [0.2, 0.25) is 0 Å². The van der Waals surface area contributed by atoms with Gasteiger partial charge in [0.05, 0.1) is 0 Å². The SMILES string of the molecule is CCC(CN)(CO)CCCCOC. The maximum absolute atomic E-state index is 9.22. The van der Waals surface area contributed by atoms with E-state index in [4.69, 9.17) is 10.5 Å². The van der Waals surface area contributed by atoms with Crippen LogP contribution in [0.3, 0.4) is 0 Å². The van der Waals surface area contributed by atoms with Crippen LogP contribution in [0.2, 0.25) is 0 Å². The molecule has 0 saturated heterocycles. The average molecular weight is 189 g/mol. The molecular formula is C10H23NO2. The molecule has 0 aliphatic heterocycles. The molecule has 0 radical (unpaired) electrons. The number of ether oxygens (including phenoxy) is 1. The second kappa shape index (κ2) is 7.30. The summed E-state index contributed by atoms with van der Waals surface area (Å²) < 4.78 is 4.96. The minimum absolute atomic E-state index is 0.0479. The van der Waals surface area contributed by atoms with E-state index in [1.165, 1.54) is 0 Å². The normalized spacial score (nSPS) is 15.7. The van der Waals surface area contributed by atoms with Gasteiger partial charge in [-0.05, 0) is 19.3 Å². The molecule has 3 N–H and O–H groups in total. The van der Waals surface area contributed by atoms with Crippen molar-refractivity contribution in [2.45, 2.75) is 32.6 Å². The second-order valence-corrected chi connectivity index (χ2v) is 3.67. The van der Waals surface area contributed by atoms with Crippen molar-refractivity contribution in [3.05, 3.63) is 0 Å². The largest absolute Gasteiger partial charge is 0.396 e. The van der Waals surface area contributed by atoms with Gasteiger partial charge in [-0.15, -0.1) is 0 Å². The van der Waals surface area contributed by atoms with Gasteiger partial charge in [0.15, 0.2) is 0 Å². The second-order valence-electron chi connectivity index (χ2n) is 3.67. The highest BCUT2D eigenvalue weighted by Crippen LogP contribution is 2.26. The molecule has 3 heteroatoms. The van der Waals surface area contributed by atoms with Crippen LogP contribution >= 0.6 is 0 Å². The van der Waals surface area contributed by atoms with Gasteiger partial charge in [-0.3, -0.25) is 0 Å². The lowest BCUT2D eigenvalue weighted by molar-refractivity contribution is 0.109. The van der Waals surface area contributed by atoms with E-state index in [9.17, 15) is 5.11 Å². The van der Waals surface area contributed by atoms with Crippen LogP contribution in [0.5, 0.6) is 0 Å². The fourth-order valence-electron chi connectivity index (χ4n) is 1.42. The third-order valence-corrected chi connectivity index (χ3v) is 2.82. The van der Waals surface area contributed by atoms with Gasteiger partial charge in [0.1, 0.15) is 0 Å². The summed E-state index contributed by atoms with van der Waals surface area (Å²) in [4.78, 5) is 0. The van der Waals surface area contributed by atoms with E-state index in [1.54, 1.807) is 7.11 Å². The minimum Gasteiger partial charge on any atom is -0.396 e. The molecule has 3 nitrogen and oxygen atoms in total. The molecule has 0 aliphatic carbocycles. The van der Waals surface area contributed by atoms with Crippen molar-refractivity contribution in [2.24, 2.45) is 11.1 Å². The molecule has 0 aromatic heterocycles. The number of rotatable bonds is 8. The van der Waals surface area contributed by atoms with Crippen LogP contribution in [-0.4, -0.2) is 32.0 Å². The first-order chi connectivity index (χ1) is 6.24. The number of aliphatic hydroxyl groups is 1. The Morgan fingerprint density at radius 1 is 1.38 bits per heavy atom. The molecule has 0 bridgehead atoms. The number of methoxy groups -OCH3 is 1. The number of hydrogen-bond acceptors (Lipinski definition) is 3. The van der Waals surface area contributed by atoms with E-state index in [0.717, 1.165) is 32.3 Å². The molecule has 80 valence electrons. The van der Waals surface area contributed by atoms with Crippen molar-refractivity contribution in [1.29, 1.82) is 0 Å². The molecule has 0 saturated carbocycles. The maximum Gasteiger partial charge on any atom is 0.0499 e. The minimum atomic E-state index is -0.0479. The maximum atomic E-state index is 9.22. The van der Waals surface area contributed by atoms with Gasteiger partial charge in [0.25, 0.3) is 0 Å². The molecule has 0 rings (SSSR count). The molecule has 1 atom stereocenters. The summed E-state index contributed by atoms with van der Waals surface area (Å²) in [5.41, 5.74) is 5.60. The summed E-state index contributed by atoms with van der Waals surface area (Å²) in [6.07, 6.45) is 4.09. The summed E-state index contributed by atoms with van der Waals surface area (Å²) in [5, 5.41) is 9.22. The number of unbranched alkanes of at least 4 members (excludes halogenated alkanes) is 1. The van der Waals surface area contributed by atoms with E-state index < -0.39 is 0 Å². The van der Waals surface area contributed by atoms with Crippen LogP contribution in [0.15, 0.2) is 0 Å². The highest BCUT2D eigenvalue weighted by atomic mass is 16.5. The van der Waals surface area contributed by atoms with Gasteiger partial charge in [-0.25, -0.2) is 0 Å². The van der Waals surface area contributed by atoms with Crippen molar-refractivity contribution < 1.29 is 9.84 Å². The fourth-order valence-corrected chi connectivity index (χ4v) is 1.42. The summed E-state index contributed by atoms with van der Waals surface area (Å²) >= 11 is 0. The molecule has 0 aromatic rings. The quantitative estimate of drug-likeness (QED) is 0.563. The number of aliphatic hydroxyl groups excluding tert-OH is 1. The third kappa shape index (κ3) is 4.60. The molecule has 0 aromatic carbocycles. The molecule has 0 heterocycles. The van der Waals surface area contributed by atoms with Crippen LogP contribution < -0.4 is 5.73 Å². The predicted octanol–water partition coefficient (Wildman–Crippen LogP) is 1.15. The first-order valence-electron chi connectivity index (χ1n) is 5.04. The van der Waals surface area contributed by atoms with E-state index in [1.807, 2.05) is 0 Å². The summed E-state index contributed by atoms with van der Waals surface area (Å²) in [6.45, 7) is 3.66. The van der Waals surface area contributed by atoms with Gasteiger partial charge >= 0.3 is 0 Å². The fraction of sp³-hybridized carbons (Fsp3) is 1.00.